The second-order valence-electron chi connectivity index (χ2n) is 3.33. The molecule has 0 saturated carbocycles. The minimum Gasteiger partial charge on any atom is -0.369 e. The number of carbonyl (C=O) groups excluding carboxylic acids is 2. The number of hydrogen-bond acceptors (Lipinski definition) is 2. The van der Waals surface area contributed by atoms with Gasteiger partial charge in [-0.25, -0.2) is 0 Å². The number of nitrogens with two attached hydrogens (primary N) is 1. The van der Waals surface area contributed by atoms with E-state index in [1.165, 1.54) is 0 Å². The molecule has 0 aliphatic heterocycles. The summed E-state index contributed by atoms with van der Waals surface area (Å²) in [4.78, 5) is 20.3. The highest BCUT2D eigenvalue weighted by molar-refractivity contribution is 5.77. The van der Waals surface area contributed by atoms with Crippen LogP contribution in [0.4, 0.5) is 0 Å². The van der Waals surface area contributed by atoms with Crippen LogP contribution in [0.3, 0.4) is 0 Å². The van der Waals surface area contributed by atoms with Gasteiger partial charge in [0.1, 0.15) is 0 Å². The van der Waals surface area contributed by atoms with E-state index in [9.17, 15) is 9.59 Å². The third-order valence-corrected chi connectivity index (χ3v) is 1.34. The Kier molecular flexibility index (Phi) is 8.44. The topological polar surface area (TPSA) is 72.2 Å². The summed E-state index contributed by atoms with van der Waals surface area (Å²) in [6, 6.07) is 0. The first-order chi connectivity index (χ1) is 5.82. The fourth-order valence-electron chi connectivity index (χ4n) is 0.289. The number of carbonyl (C=O) groups is 2. The van der Waals surface area contributed by atoms with Gasteiger partial charge in [-0.15, -0.1) is 0 Å². The molecular weight excluding hydrogens is 168 g/mol. The average Bonchev–Trinajstić information content (AvgIpc) is 2.03. The van der Waals surface area contributed by atoms with Gasteiger partial charge in [0.25, 0.3) is 0 Å². The zero-order chi connectivity index (χ0) is 11.0. The van der Waals surface area contributed by atoms with Crippen LogP contribution in [-0.2, 0) is 9.59 Å². The van der Waals surface area contributed by atoms with Gasteiger partial charge in [0.15, 0.2) is 0 Å². The predicted octanol–water partition coefficient (Wildman–Crippen LogP) is 0.516. The van der Waals surface area contributed by atoms with Crippen LogP contribution >= 0.6 is 0 Å². The summed E-state index contributed by atoms with van der Waals surface area (Å²) in [5.41, 5.74) is 4.80. The van der Waals surface area contributed by atoms with Crippen molar-refractivity contribution in [2.24, 2.45) is 17.6 Å². The van der Waals surface area contributed by atoms with Gasteiger partial charge < -0.3 is 11.1 Å². The van der Waals surface area contributed by atoms with E-state index in [4.69, 9.17) is 5.73 Å². The Morgan fingerprint density at radius 1 is 1.08 bits per heavy atom. The monoisotopic (exact) mass is 188 g/mol. The lowest BCUT2D eigenvalue weighted by molar-refractivity contribution is -0.123. The van der Waals surface area contributed by atoms with Crippen molar-refractivity contribution in [3.63, 3.8) is 0 Å². The molecule has 0 rings (SSSR count). The highest BCUT2D eigenvalue weighted by atomic mass is 16.2. The average molecular weight is 188 g/mol. The summed E-state index contributed by atoms with van der Waals surface area (Å²) in [6.45, 7) is 7.25. The first kappa shape index (κ1) is 14.5. The molecule has 0 saturated heterocycles. The molecule has 3 N–H and O–H groups in total. The van der Waals surface area contributed by atoms with Gasteiger partial charge in [-0.05, 0) is 0 Å². The van der Waals surface area contributed by atoms with Crippen LogP contribution in [0.2, 0.25) is 0 Å². The molecule has 13 heavy (non-hydrogen) atoms. The number of primary amides is 1. The molecule has 0 heterocycles. The quantitative estimate of drug-likeness (QED) is 0.663. The number of hydrogen-bond donors (Lipinski definition) is 2. The molecule has 4 nitrogen and oxygen atoms in total. The van der Waals surface area contributed by atoms with Crippen molar-refractivity contribution < 1.29 is 9.59 Å². The Labute approximate surface area is 79.9 Å². The van der Waals surface area contributed by atoms with E-state index >= 15 is 0 Å². The third-order valence-electron chi connectivity index (χ3n) is 1.34. The minimum absolute atomic E-state index is 0.00926. The fourth-order valence-corrected chi connectivity index (χ4v) is 0.289. The Balaban J connectivity index is 0. The molecule has 0 radical (unpaired) electrons. The molecule has 78 valence electrons. The zero-order valence-electron chi connectivity index (χ0n) is 9.05. The number of amides is 2. The summed E-state index contributed by atoms with van der Waals surface area (Å²) in [6.07, 6.45) is 0. The smallest absolute Gasteiger partial charge is 0.222 e. The highest BCUT2D eigenvalue weighted by Crippen LogP contribution is 1.87. The molecule has 4 heteroatoms. The molecular formula is C9H20N2O2. The lowest BCUT2D eigenvalue weighted by atomic mass is 10.2. The molecule has 0 spiro atoms. The van der Waals surface area contributed by atoms with Crippen molar-refractivity contribution in [2.75, 3.05) is 7.05 Å². The first-order valence-corrected chi connectivity index (χ1v) is 4.33. The van der Waals surface area contributed by atoms with Crippen LogP contribution in [0.5, 0.6) is 0 Å². The molecule has 0 aromatic heterocycles. The van der Waals surface area contributed by atoms with Crippen LogP contribution < -0.4 is 11.1 Å². The van der Waals surface area contributed by atoms with Gasteiger partial charge in [0, 0.05) is 18.9 Å². The second-order valence-corrected chi connectivity index (χ2v) is 3.33. The van der Waals surface area contributed by atoms with Gasteiger partial charge in [-0.3, -0.25) is 9.59 Å². The Hall–Kier alpha value is -1.06. The van der Waals surface area contributed by atoms with Gasteiger partial charge in [0.05, 0.1) is 0 Å². The zero-order valence-corrected chi connectivity index (χ0v) is 9.05. The van der Waals surface area contributed by atoms with Gasteiger partial charge in [-0.2, -0.15) is 0 Å². The Bertz CT molecular complexity index is 165. The van der Waals surface area contributed by atoms with E-state index < -0.39 is 0 Å². The normalized spacial score (nSPS) is 9.15. The van der Waals surface area contributed by atoms with E-state index in [0.717, 1.165) is 0 Å². The third kappa shape index (κ3) is 10.9. The first-order valence-electron chi connectivity index (χ1n) is 4.33. The molecule has 0 bridgehead atoms. The Morgan fingerprint density at radius 3 is 1.38 bits per heavy atom. The fraction of sp³-hybridized carbons (Fsp3) is 0.778. The van der Waals surface area contributed by atoms with Crippen molar-refractivity contribution in [3.8, 4) is 0 Å². The van der Waals surface area contributed by atoms with Crippen molar-refractivity contribution in [2.45, 2.75) is 27.7 Å². The van der Waals surface area contributed by atoms with Crippen molar-refractivity contribution in [1.82, 2.24) is 5.32 Å². The van der Waals surface area contributed by atoms with E-state index in [2.05, 4.69) is 5.32 Å². The molecule has 0 aliphatic carbocycles. The van der Waals surface area contributed by atoms with Gasteiger partial charge in [0.2, 0.25) is 11.8 Å². The molecule has 0 unspecified atom stereocenters. The maximum Gasteiger partial charge on any atom is 0.222 e. The van der Waals surface area contributed by atoms with Gasteiger partial charge in [-0.1, -0.05) is 27.7 Å². The Morgan fingerprint density at radius 2 is 1.38 bits per heavy atom. The maximum atomic E-state index is 10.4. The summed E-state index contributed by atoms with van der Waals surface area (Å²) < 4.78 is 0. The largest absolute Gasteiger partial charge is 0.369 e. The van der Waals surface area contributed by atoms with Crippen molar-refractivity contribution in [3.05, 3.63) is 0 Å². The van der Waals surface area contributed by atoms with Crippen LogP contribution in [0.1, 0.15) is 27.7 Å². The van der Waals surface area contributed by atoms with E-state index in [0.29, 0.717) is 0 Å². The SMILES string of the molecule is CC(C)C(N)=O.CNC(=O)C(C)C. The minimum atomic E-state index is -0.241. The lowest BCUT2D eigenvalue weighted by Gasteiger charge is -1.98. The van der Waals surface area contributed by atoms with E-state index in [1.807, 2.05) is 13.8 Å². The summed E-state index contributed by atoms with van der Waals surface area (Å²) in [7, 11) is 1.64. The molecule has 0 aromatic carbocycles. The number of nitrogens with one attached hydrogen (secondary N) is 1. The van der Waals surface area contributed by atoms with Crippen LogP contribution in [0, 0.1) is 11.8 Å². The molecule has 0 aliphatic rings. The molecule has 0 aromatic rings. The van der Waals surface area contributed by atoms with E-state index in [-0.39, 0.29) is 23.7 Å². The second kappa shape index (κ2) is 7.58. The molecule has 0 atom stereocenters. The summed E-state index contributed by atoms with van der Waals surface area (Å²) >= 11 is 0. The van der Waals surface area contributed by atoms with E-state index in [1.54, 1.807) is 20.9 Å². The van der Waals surface area contributed by atoms with Gasteiger partial charge >= 0.3 is 0 Å². The van der Waals surface area contributed by atoms with Crippen LogP contribution in [0.15, 0.2) is 0 Å². The molecule has 0 fully saturated rings. The van der Waals surface area contributed by atoms with Crippen molar-refractivity contribution >= 4 is 11.8 Å². The summed E-state index contributed by atoms with van der Waals surface area (Å²) in [5.74, 6) is -0.0370. The molecule has 2 amide bonds. The standard InChI is InChI=1S/C5H11NO.C4H9NO/c1-4(2)5(7)6-3;1-3(2)4(5)6/h4H,1-3H3,(H,6,7);3H,1-2H3,(H2,5,6). The number of rotatable bonds is 2. The highest BCUT2D eigenvalue weighted by Gasteiger charge is 2.00. The summed E-state index contributed by atoms with van der Waals surface area (Å²) in [5, 5.41) is 2.53. The van der Waals surface area contributed by atoms with Crippen molar-refractivity contribution in [1.29, 1.82) is 0 Å². The van der Waals surface area contributed by atoms with Crippen LogP contribution in [0.25, 0.3) is 0 Å². The maximum absolute atomic E-state index is 10.4. The predicted molar refractivity (Wildman–Crippen MR) is 52.9 cm³/mol. The lowest BCUT2D eigenvalue weighted by Crippen LogP contribution is -2.22. The van der Waals surface area contributed by atoms with Crippen LogP contribution in [-0.4, -0.2) is 18.9 Å².